The molecule has 0 bridgehead atoms. The number of anilines is 1. The molecule has 1 aliphatic carbocycles. The number of aromatic nitrogens is 1. The Bertz CT molecular complexity index is 1140. The molecule has 3 atom stereocenters. The van der Waals surface area contributed by atoms with Gasteiger partial charge in [0.05, 0.1) is 4.90 Å². The van der Waals surface area contributed by atoms with Crippen LogP contribution in [-0.4, -0.2) is 48.3 Å². The molecule has 1 aromatic heterocycles. The summed E-state index contributed by atoms with van der Waals surface area (Å²) < 4.78 is 33.9. The molecule has 1 aromatic carbocycles. The Labute approximate surface area is 200 Å². The van der Waals surface area contributed by atoms with E-state index in [2.05, 4.69) is 15.8 Å². The van der Waals surface area contributed by atoms with Crippen LogP contribution in [0.5, 0.6) is 0 Å². The average molecular weight is 489 g/mol. The lowest BCUT2D eigenvalue weighted by Gasteiger charge is -2.43. The van der Waals surface area contributed by atoms with Gasteiger partial charge in [0, 0.05) is 43.2 Å². The van der Waals surface area contributed by atoms with E-state index in [9.17, 15) is 18.0 Å². The van der Waals surface area contributed by atoms with E-state index >= 15 is 0 Å². The van der Waals surface area contributed by atoms with Gasteiger partial charge in [-0.3, -0.25) is 9.59 Å². The van der Waals surface area contributed by atoms with Crippen molar-refractivity contribution in [1.29, 1.82) is 0 Å². The smallest absolute Gasteiger partial charge is 0.273 e. The van der Waals surface area contributed by atoms with E-state index in [1.807, 2.05) is 13.8 Å². The number of sulfonamides is 1. The van der Waals surface area contributed by atoms with Crippen molar-refractivity contribution in [2.24, 2.45) is 5.92 Å². The fraction of sp³-hybridized carbons (Fsp3) is 0.542. The van der Waals surface area contributed by atoms with Gasteiger partial charge in [0.25, 0.3) is 5.91 Å². The molecule has 2 fully saturated rings. The van der Waals surface area contributed by atoms with Crippen molar-refractivity contribution in [3.63, 3.8) is 0 Å². The van der Waals surface area contributed by atoms with Crippen LogP contribution >= 0.6 is 0 Å². The third kappa shape index (κ3) is 5.17. The number of carbonyl (C=O) groups excluding carboxylic acids is 2. The van der Waals surface area contributed by atoms with Crippen LogP contribution in [-0.2, 0) is 14.8 Å². The third-order valence-corrected chi connectivity index (χ3v) is 8.68. The lowest BCUT2D eigenvalue weighted by Crippen LogP contribution is -2.56. The van der Waals surface area contributed by atoms with Gasteiger partial charge in [-0.2, -0.15) is 4.31 Å². The minimum absolute atomic E-state index is 0.0324. The maximum absolute atomic E-state index is 13.5. The fourth-order valence-corrected chi connectivity index (χ4v) is 6.38. The highest BCUT2D eigenvalue weighted by atomic mass is 32.2. The molecule has 9 nitrogen and oxygen atoms in total. The average Bonchev–Trinajstić information content (AvgIpc) is 3.54. The zero-order chi connectivity index (χ0) is 24.5. The summed E-state index contributed by atoms with van der Waals surface area (Å²) in [6.45, 7) is 5.68. The Morgan fingerprint density at radius 1 is 1.15 bits per heavy atom. The number of amides is 2. The molecule has 184 valence electrons. The highest BCUT2D eigenvalue weighted by molar-refractivity contribution is 7.89. The van der Waals surface area contributed by atoms with E-state index in [-0.39, 0.29) is 40.4 Å². The summed E-state index contributed by atoms with van der Waals surface area (Å²) in [5.74, 6) is 0.608. The highest BCUT2D eigenvalue weighted by Gasteiger charge is 2.41. The van der Waals surface area contributed by atoms with Gasteiger partial charge < -0.3 is 15.2 Å². The molecule has 0 radical (unpaired) electrons. The minimum atomic E-state index is -3.73. The van der Waals surface area contributed by atoms with Crippen molar-refractivity contribution < 1.29 is 22.5 Å². The number of benzene rings is 1. The normalized spacial score (nSPS) is 23.4. The van der Waals surface area contributed by atoms with Crippen molar-refractivity contribution in [1.82, 2.24) is 14.8 Å². The topological polar surface area (TPSA) is 122 Å². The molecule has 2 aliphatic rings. The number of nitrogens with zero attached hydrogens (tertiary/aromatic N) is 2. The second kappa shape index (κ2) is 9.87. The summed E-state index contributed by atoms with van der Waals surface area (Å²) in [7, 11) is -3.73. The van der Waals surface area contributed by atoms with E-state index < -0.39 is 10.0 Å². The van der Waals surface area contributed by atoms with Crippen LogP contribution in [0.3, 0.4) is 0 Å². The molecule has 0 spiro atoms. The maximum Gasteiger partial charge on any atom is 0.273 e. The second-order valence-corrected chi connectivity index (χ2v) is 11.1. The molecule has 4 rings (SSSR count). The van der Waals surface area contributed by atoms with Crippen molar-refractivity contribution in [3.05, 3.63) is 41.8 Å². The van der Waals surface area contributed by atoms with Gasteiger partial charge in [-0.05, 0) is 55.9 Å². The Hall–Kier alpha value is -2.72. The summed E-state index contributed by atoms with van der Waals surface area (Å²) in [6.07, 6.45) is 4.00. The molecule has 1 aliphatic heterocycles. The van der Waals surface area contributed by atoms with Crippen molar-refractivity contribution in [2.75, 3.05) is 11.9 Å². The third-order valence-electron chi connectivity index (χ3n) is 6.75. The number of hydrogen-bond acceptors (Lipinski definition) is 6. The largest absolute Gasteiger partial charge is 0.360 e. The van der Waals surface area contributed by atoms with Crippen LogP contribution in [0.15, 0.2) is 39.8 Å². The summed E-state index contributed by atoms with van der Waals surface area (Å²) in [4.78, 5) is 24.3. The lowest BCUT2D eigenvalue weighted by molar-refractivity contribution is -0.114. The highest BCUT2D eigenvalue weighted by Crippen LogP contribution is 2.40. The van der Waals surface area contributed by atoms with Gasteiger partial charge in [-0.1, -0.05) is 25.4 Å². The van der Waals surface area contributed by atoms with Crippen molar-refractivity contribution in [3.8, 4) is 0 Å². The van der Waals surface area contributed by atoms with E-state index in [1.165, 1.54) is 19.1 Å². The number of rotatable bonds is 8. The van der Waals surface area contributed by atoms with Crippen molar-refractivity contribution >= 4 is 27.5 Å². The molecule has 2 amide bonds. The minimum Gasteiger partial charge on any atom is -0.360 e. The van der Waals surface area contributed by atoms with Crippen LogP contribution in [0, 0.1) is 5.92 Å². The van der Waals surface area contributed by atoms with Crippen LogP contribution in [0.25, 0.3) is 0 Å². The molecular formula is C24H32N4O5S. The van der Waals surface area contributed by atoms with E-state index in [0.29, 0.717) is 31.0 Å². The van der Waals surface area contributed by atoms with Gasteiger partial charge in [0.1, 0.15) is 5.76 Å². The first-order chi connectivity index (χ1) is 16.2. The van der Waals surface area contributed by atoms with Gasteiger partial charge in [0.15, 0.2) is 5.69 Å². The predicted octanol–water partition coefficient (Wildman–Crippen LogP) is 3.51. The van der Waals surface area contributed by atoms with Gasteiger partial charge in [0.2, 0.25) is 15.9 Å². The summed E-state index contributed by atoms with van der Waals surface area (Å²) in [5, 5.41) is 9.67. The number of piperidine rings is 1. The van der Waals surface area contributed by atoms with Crippen LogP contribution in [0.4, 0.5) is 5.69 Å². The standard InChI is InChI=1S/C24H32N4O5S/c1-4-16-14-28(34(31,32)20-10-8-18(9-11-20)25-15(3)29)19(5-2)12-21(16)26-24(30)22-13-23(33-27-22)17-6-7-17/h8-11,13,16-17,19,21H,4-7,12,14H2,1-3H3,(H,25,29)(H,26,30). The Morgan fingerprint density at radius 2 is 1.85 bits per heavy atom. The van der Waals surface area contributed by atoms with Gasteiger partial charge >= 0.3 is 0 Å². The summed E-state index contributed by atoms with van der Waals surface area (Å²) in [6, 6.07) is 7.54. The molecular weight excluding hydrogens is 456 g/mol. The van der Waals surface area contributed by atoms with E-state index in [4.69, 9.17) is 4.52 Å². The van der Waals surface area contributed by atoms with Crippen LogP contribution in [0.1, 0.15) is 75.0 Å². The van der Waals surface area contributed by atoms with E-state index in [0.717, 1.165) is 25.0 Å². The fourth-order valence-electron chi connectivity index (χ4n) is 4.61. The first-order valence-electron chi connectivity index (χ1n) is 11.9. The molecule has 2 heterocycles. The lowest BCUT2D eigenvalue weighted by atomic mass is 9.86. The SMILES string of the molecule is CCC1CN(S(=O)(=O)c2ccc(NC(C)=O)cc2)C(CC)CC1NC(=O)c1cc(C2CC2)on1. The first kappa shape index (κ1) is 24.4. The molecule has 34 heavy (non-hydrogen) atoms. The van der Waals surface area contributed by atoms with Gasteiger partial charge in [-0.25, -0.2) is 8.42 Å². The summed E-state index contributed by atoms with van der Waals surface area (Å²) in [5.41, 5.74) is 0.822. The monoisotopic (exact) mass is 488 g/mol. The number of nitrogens with one attached hydrogen (secondary N) is 2. The summed E-state index contributed by atoms with van der Waals surface area (Å²) >= 11 is 0. The zero-order valence-corrected chi connectivity index (χ0v) is 20.6. The molecule has 2 aromatic rings. The Morgan fingerprint density at radius 3 is 2.44 bits per heavy atom. The van der Waals surface area contributed by atoms with Crippen LogP contribution in [0.2, 0.25) is 0 Å². The van der Waals surface area contributed by atoms with E-state index in [1.54, 1.807) is 22.5 Å². The van der Waals surface area contributed by atoms with Crippen molar-refractivity contribution in [2.45, 2.75) is 75.8 Å². The first-order valence-corrected chi connectivity index (χ1v) is 13.3. The number of carbonyl (C=O) groups is 2. The Balaban J connectivity index is 1.48. The maximum atomic E-state index is 13.5. The van der Waals surface area contributed by atoms with Gasteiger partial charge in [-0.15, -0.1) is 0 Å². The molecule has 1 saturated carbocycles. The molecule has 2 N–H and O–H groups in total. The molecule has 1 saturated heterocycles. The van der Waals surface area contributed by atoms with Crippen LogP contribution < -0.4 is 10.6 Å². The molecule has 3 unspecified atom stereocenters. The second-order valence-electron chi connectivity index (χ2n) is 9.22. The zero-order valence-electron chi connectivity index (χ0n) is 19.8. The quantitative estimate of drug-likeness (QED) is 0.586. The Kier molecular flexibility index (Phi) is 7.09. The number of hydrogen-bond donors (Lipinski definition) is 2. The molecule has 10 heteroatoms. The predicted molar refractivity (Wildman–Crippen MR) is 127 cm³/mol.